The first-order chi connectivity index (χ1) is 15.8. The van der Waals surface area contributed by atoms with Crippen molar-refractivity contribution in [3.63, 3.8) is 0 Å². The summed E-state index contributed by atoms with van der Waals surface area (Å²) >= 11 is 0. The lowest BCUT2D eigenvalue weighted by atomic mass is 9.96. The molecule has 1 aliphatic rings. The molecule has 168 valence electrons. The van der Waals surface area contributed by atoms with Gasteiger partial charge in [-0.15, -0.1) is 0 Å². The molecular weight excluding hydrogens is 426 g/mol. The van der Waals surface area contributed by atoms with Gasteiger partial charge in [0.2, 0.25) is 0 Å². The molecule has 33 heavy (non-hydrogen) atoms. The van der Waals surface area contributed by atoms with E-state index in [1.807, 2.05) is 7.05 Å². The Hall–Kier alpha value is -3.78. The van der Waals surface area contributed by atoms with E-state index in [4.69, 9.17) is 5.73 Å². The van der Waals surface area contributed by atoms with Crippen molar-refractivity contribution in [3.05, 3.63) is 71.3 Å². The van der Waals surface area contributed by atoms with Gasteiger partial charge in [-0.1, -0.05) is 18.2 Å². The predicted molar refractivity (Wildman–Crippen MR) is 123 cm³/mol. The number of primary amides is 1. The zero-order valence-corrected chi connectivity index (χ0v) is 18.0. The molecule has 0 bridgehead atoms. The van der Waals surface area contributed by atoms with E-state index in [0.29, 0.717) is 46.0 Å². The van der Waals surface area contributed by atoms with Crippen LogP contribution in [-0.2, 0) is 0 Å². The first-order valence-corrected chi connectivity index (χ1v) is 10.7. The number of aromatic nitrogens is 1. The minimum atomic E-state index is -0.709. The zero-order chi connectivity index (χ0) is 23.3. The van der Waals surface area contributed by atoms with Gasteiger partial charge >= 0.3 is 0 Å². The average molecular weight is 448 g/mol. The summed E-state index contributed by atoms with van der Waals surface area (Å²) in [7, 11) is 2.02. The molecule has 1 aliphatic heterocycles. The molecule has 1 aromatic heterocycles. The van der Waals surface area contributed by atoms with Gasteiger partial charge in [0.1, 0.15) is 11.6 Å². The molecule has 6 nitrogen and oxygen atoms in total. The van der Waals surface area contributed by atoms with E-state index >= 15 is 0 Å². The SMILES string of the molecule is CN1CCN(C(=O)c2ccc3c(c2)[nH]c2c(C(N)=O)ccc(-c4c(F)cccc4F)c23)CC1. The number of aromatic amines is 1. The Kier molecular flexibility index (Phi) is 5.09. The molecular formula is C25H22F2N4O2. The van der Waals surface area contributed by atoms with Gasteiger partial charge in [-0.25, -0.2) is 8.78 Å². The summed E-state index contributed by atoms with van der Waals surface area (Å²) in [5.74, 6) is -2.17. The number of hydrogen-bond donors (Lipinski definition) is 2. The van der Waals surface area contributed by atoms with E-state index in [0.717, 1.165) is 13.1 Å². The van der Waals surface area contributed by atoms with Gasteiger partial charge in [0.05, 0.1) is 16.6 Å². The molecule has 0 atom stereocenters. The Bertz CT molecular complexity index is 1400. The molecule has 0 spiro atoms. The maximum absolute atomic E-state index is 14.6. The van der Waals surface area contributed by atoms with Crippen molar-refractivity contribution in [1.82, 2.24) is 14.8 Å². The number of fused-ring (bicyclic) bond motifs is 3. The second-order valence-corrected chi connectivity index (χ2v) is 8.35. The smallest absolute Gasteiger partial charge is 0.254 e. The molecule has 2 amide bonds. The maximum atomic E-state index is 14.6. The second-order valence-electron chi connectivity index (χ2n) is 8.35. The second kappa shape index (κ2) is 7.97. The van der Waals surface area contributed by atoms with Crippen molar-refractivity contribution in [2.24, 2.45) is 5.73 Å². The van der Waals surface area contributed by atoms with Crippen LogP contribution in [-0.4, -0.2) is 59.8 Å². The van der Waals surface area contributed by atoms with Crippen LogP contribution in [0.15, 0.2) is 48.5 Å². The van der Waals surface area contributed by atoms with E-state index in [2.05, 4.69) is 9.88 Å². The van der Waals surface area contributed by atoms with Crippen LogP contribution in [0.1, 0.15) is 20.7 Å². The zero-order valence-electron chi connectivity index (χ0n) is 18.0. The predicted octanol–water partition coefficient (Wildman–Crippen LogP) is 3.75. The van der Waals surface area contributed by atoms with Crippen LogP contribution in [0.3, 0.4) is 0 Å². The molecule has 1 fully saturated rings. The summed E-state index contributed by atoms with van der Waals surface area (Å²) in [5.41, 5.74) is 7.34. The van der Waals surface area contributed by atoms with Crippen molar-refractivity contribution < 1.29 is 18.4 Å². The molecule has 5 rings (SSSR count). The van der Waals surface area contributed by atoms with Gasteiger partial charge in [-0.05, 0) is 42.9 Å². The lowest BCUT2D eigenvalue weighted by Crippen LogP contribution is -2.47. The fourth-order valence-corrected chi connectivity index (χ4v) is 4.51. The standard InChI is InChI=1S/C25H22F2N4O2/c1-30-9-11-31(12-10-30)25(33)14-5-6-15-20(13-14)29-23-17(24(28)32)8-7-16(21(15)23)22-18(26)3-2-4-19(22)27/h2-8,13,29H,9-12H2,1H3,(H2,28,32). The van der Waals surface area contributed by atoms with E-state index in [9.17, 15) is 18.4 Å². The number of hydrogen-bond acceptors (Lipinski definition) is 3. The van der Waals surface area contributed by atoms with Crippen molar-refractivity contribution in [1.29, 1.82) is 0 Å². The van der Waals surface area contributed by atoms with Crippen molar-refractivity contribution in [2.75, 3.05) is 33.2 Å². The van der Waals surface area contributed by atoms with Crippen LogP contribution in [0.25, 0.3) is 32.9 Å². The summed E-state index contributed by atoms with van der Waals surface area (Å²) in [4.78, 5) is 32.2. The minimum Gasteiger partial charge on any atom is -0.366 e. The Morgan fingerprint density at radius 2 is 1.67 bits per heavy atom. The molecule has 0 radical (unpaired) electrons. The van der Waals surface area contributed by atoms with Crippen molar-refractivity contribution in [2.45, 2.75) is 0 Å². The summed E-state index contributed by atoms with van der Waals surface area (Å²) < 4.78 is 29.3. The van der Waals surface area contributed by atoms with Crippen LogP contribution >= 0.6 is 0 Å². The minimum absolute atomic E-state index is 0.0841. The highest BCUT2D eigenvalue weighted by molar-refractivity contribution is 6.20. The molecule has 3 N–H and O–H groups in total. The number of benzene rings is 3. The molecule has 0 aliphatic carbocycles. The first kappa shape index (κ1) is 21.1. The van der Waals surface area contributed by atoms with E-state index in [-0.39, 0.29) is 17.0 Å². The maximum Gasteiger partial charge on any atom is 0.254 e. The van der Waals surface area contributed by atoms with E-state index < -0.39 is 17.5 Å². The number of amides is 2. The van der Waals surface area contributed by atoms with Gasteiger partial charge in [0, 0.05) is 48.0 Å². The fraction of sp³-hybridized carbons (Fsp3) is 0.200. The van der Waals surface area contributed by atoms with Crippen LogP contribution in [0.4, 0.5) is 8.78 Å². The normalized spacial score (nSPS) is 14.8. The lowest BCUT2D eigenvalue weighted by molar-refractivity contribution is 0.0664. The van der Waals surface area contributed by atoms with Gasteiger partial charge in [-0.3, -0.25) is 9.59 Å². The van der Waals surface area contributed by atoms with E-state index in [1.54, 1.807) is 23.1 Å². The van der Waals surface area contributed by atoms with Gasteiger partial charge in [0.25, 0.3) is 11.8 Å². The number of H-pyrrole nitrogens is 1. The third kappa shape index (κ3) is 3.52. The number of nitrogens with two attached hydrogens (primary N) is 1. The van der Waals surface area contributed by atoms with Crippen molar-refractivity contribution >= 4 is 33.6 Å². The molecule has 4 aromatic rings. The third-order valence-electron chi connectivity index (χ3n) is 6.29. The van der Waals surface area contributed by atoms with Gasteiger partial charge in [-0.2, -0.15) is 0 Å². The van der Waals surface area contributed by atoms with Crippen LogP contribution in [0.2, 0.25) is 0 Å². The summed E-state index contributed by atoms with van der Waals surface area (Å²) in [6.45, 7) is 2.89. The van der Waals surface area contributed by atoms with Gasteiger partial charge in [0.15, 0.2) is 0 Å². The Balaban J connectivity index is 1.70. The fourth-order valence-electron chi connectivity index (χ4n) is 4.51. The first-order valence-electron chi connectivity index (χ1n) is 10.7. The largest absolute Gasteiger partial charge is 0.366 e. The molecule has 0 saturated carbocycles. The van der Waals surface area contributed by atoms with Crippen LogP contribution in [0, 0.1) is 11.6 Å². The number of carbonyl (C=O) groups is 2. The molecule has 2 heterocycles. The highest BCUT2D eigenvalue weighted by Gasteiger charge is 2.23. The summed E-state index contributed by atoms with van der Waals surface area (Å²) in [6.07, 6.45) is 0. The summed E-state index contributed by atoms with van der Waals surface area (Å²) in [6, 6.07) is 11.8. The van der Waals surface area contributed by atoms with E-state index in [1.165, 1.54) is 30.3 Å². The van der Waals surface area contributed by atoms with Crippen LogP contribution in [0.5, 0.6) is 0 Å². The Morgan fingerprint density at radius 1 is 0.970 bits per heavy atom. The number of likely N-dealkylation sites (N-methyl/N-ethyl adjacent to an activating group) is 1. The molecule has 8 heteroatoms. The summed E-state index contributed by atoms with van der Waals surface area (Å²) in [5, 5.41) is 1.12. The third-order valence-corrected chi connectivity index (χ3v) is 6.29. The van der Waals surface area contributed by atoms with Crippen LogP contribution < -0.4 is 5.73 Å². The number of rotatable bonds is 3. The average Bonchev–Trinajstić information content (AvgIpc) is 3.17. The number of piperazine rings is 1. The number of nitrogens with one attached hydrogen (secondary N) is 1. The topological polar surface area (TPSA) is 82.4 Å². The Labute approximate surface area is 188 Å². The highest BCUT2D eigenvalue weighted by Crippen LogP contribution is 2.38. The Morgan fingerprint density at radius 3 is 2.33 bits per heavy atom. The monoisotopic (exact) mass is 448 g/mol. The number of carbonyl (C=O) groups excluding carboxylic acids is 2. The number of nitrogens with zero attached hydrogens (tertiary/aromatic N) is 2. The highest BCUT2D eigenvalue weighted by atomic mass is 19.1. The van der Waals surface area contributed by atoms with Crippen molar-refractivity contribution in [3.8, 4) is 11.1 Å². The number of halogens is 2. The molecule has 1 saturated heterocycles. The van der Waals surface area contributed by atoms with Gasteiger partial charge < -0.3 is 20.5 Å². The lowest BCUT2D eigenvalue weighted by Gasteiger charge is -2.32. The molecule has 3 aromatic carbocycles. The quantitative estimate of drug-likeness (QED) is 0.501. The molecule has 0 unspecified atom stereocenters.